The molecule has 1 amide bonds. The smallest absolute Gasteiger partial charge is 0.260 e. The lowest BCUT2D eigenvalue weighted by Gasteiger charge is -2.22. The molecule has 0 heterocycles. The molecule has 0 aliphatic rings. The summed E-state index contributed by atoms with van der Waals surface area (Å²) in [5, 5.41) is 4.73. The molecule has 196 valence electrons. The van der Waals surface area contributed by atoms with Crippen LogP contribution in [0.3, 0.4) is 0 Å². The first-order valence-electron chi connectivity index (χ1n) is 11.0. The molecule has 0 saturated carbocycles. The van der Waals surface area contributed by atoms with Crippen molar-refractivity contribution in [3.05, 3.63) is 86.9 Å². The monoisotopic (exact) mass is 583 g/mol. The van der Waals surface area contributed by atoms with E-state index >= 15 is 0 Å². The van der Waals surface area contributed by atoms with Crippen LogP contribution in [0.1, 0.15) is 18.1 Å². The van der Waals surface area contributed by atoms with Gasteiger partial charge in [-0.1, -0.05) is 53.0 Å². The lowest BCUT2D eigenvalue weighted by atomic mass is 10.2. The van der Waals surface area contributed by atoms with Gasteiger partial charge in [0.15, 0.2) is 11.5 Å². The Morgan fingerprint density at radius 1 is 1.03 bits per heavy atom. The van der Waals surface area contributed by atoms with E-state index in [4.69, 9.17) is 44.3 Å². The number of benzene rings is 3. The molecule has 1 N–H and O–H groups in total. The van der Waals surface area contributed by atoms with E-state index in [-0.39, 0.29) is 15.7 Å². The fourth-order valence-electron chi connectivity index (χ4n) is 3.19. The number of sulfonamides is 1. The summed E-state index contributed by atoms with van der Waals surface area (Å²) in [7, 11) is -3.83. The van der Waals surface area contributed by atoms with Crippen molar-refractivity contribution in [3.63, 3.8) is 0 Å². The second-order valence-electron chi connectivity index (χ2n) is 7.69. The molecule has 37 heavy (non-hydrogen) atoms. The van der Waals surface area contributed by atoms with E-state index in [1.165, 1.54) is 24.4 Å². The van der Waals surface area contributed by atoms with Gasteiger partial charge >= 0.3 is 0 Å². The maximum absolute atomic E-state index is 12.5. The summed E-state index contributed by atoms with van der Waals surface area (Å²) in [6, 6.07) is 17.0. The predicted molar refractivity (Wildman–Crippen MR) is 148 cm³/mol. The molecule has 0 spiro atoms. The molecule has 8 nitrogen and oxygen atoms in total. The number of amides is 1. The number of anilines is 1. The molecule has 0 fully saturated rings. The average molecular weight is 585 g/mol. The normalized spacial score (nSPS) is 11.4. The highest BCUT2D eigenvalue weighted by Gasteiger charge is 2.23. The van der Waals surface area contributed by atoms with Crippen LogP contribution in [0.25, 0.3) is 0 Å². The summed E-state index contributed by atoms with van der Waals surface area (Å²) in [5.74, 6) is 0.355. The lowest BCUT2D eigenvalue weighted by Crippen LogP contribution is -2.39. The third kappa shape index (κ3) is 8.26. The van der Waals surface area contributed by atoms with Crippen molar-refractivity contribution in [2.75, 3.05) is 23.7 Å². The highest BCUT2D eigenvalue weighted by Crippen LogP contribution is 2.33. The van der Waals surface area contributed by atoms with Gasteiger partial charge in [0.25, 0.3) is 5.91 Å². The van der Waals surface area contributed by atoms with Crippen molar-refractivity contribution in [1.82, 2.24) is 5.43 Å². The molecule has 3 rings (SSSR count). The van der Waals surface area contributed by atoms with Crippen LogP contribution in [0.4, 0.5) is 5.69 Å². The SMILES string of the molecule is CCOc1cc(/C=N\NC(=O)CN(c2cccc(Cl)c2Cl)S(C)(=O)=O)ccc1OCc1cccc(Cl)c1. The summed E-state index contributed by atoms with van der Waals surface area (Å²) >= 11 is 18.2. The third-order valence-electron chi connectivity index (χ3n) is 4.84. The Labute approximate surface area is 230 Å². The number of hydrogen-bond donors (Lipinski definition) is 1. The molecular weight excluding hydrogens is 561 g/mol. The van der Waals surface area contributed by atoms with E-state index in [1.807, 2.05) is 25.1 Å². The molecule has 0 saturated heterocycles. The Hall–Kier alpha value is -2.98. The van der Waals surface area contributed by atoms with Gasteiger partial charge in [0.05, 0.1) is 34.8 Å². The Kier molecular flexibility index (Phi) is 10.0. The van der Waals surface area contributed by atoms with E-state index in [1.54, 1.807) is 24.3 Å². The standard InChI is InChI=1S/C25H24Cl3N3O5S/c1-3-35-23-13-17(10-11-22(23)36-16-18-6-4-7-19(26)12-18)14-29-30-24(32)15-31(37(2,33)34)21-9-5-8-20(27)25(21)28/h4-14H,3,15-16H2,1-2H3,(H,30,32)/b29-14-. The Morgan fingerprint density at radius 3 is 2.49 bits per heavy atom. The zero-order valence-corrected chi connectivity index (χ0v) is 23.0. The maximum atomic E-state index is 12.5. The summed E-state index contributed by atoms with van der Waals surface area (Å²) in [6.45, 7) is 2.02. The minimum Gasteiger partial charge on any atom is -0.490 e. The number of rotatable bonds is 11. The molecule has 0 aliphatic carbocycles. The van der Waals surface area contributed by atoms with Crippen LogP contribution in [0, 0.1) is 0 Å². The van der Waals surface area contributed by atoms with Crippen molar-refractivity contribution in [2.24, 2.45) is 5.10 Å². The number of hydrazone groups is 1. The van der Waals surface area contributed by atoms with Gasteiger partial charge in [-0.2, -0.15) is 5.10 Å². The van der Waals surface area contributed by atoms with Crippen LogP contribution >= 0.6 is 34.8 Å². The minimum absolute atomic E-state index is 0.0204. The third-order valence-corrected chi connectivity index (χ3v) is 7.01. The van der Waals surface area contributed by atoms with Crippen molar-refractivity contribution in [3.8, 4) is 11.5 Å². The van der Waals surface area contributed by atoms with Crippen LogP contribution in [0.5, 0.6) is 11.5 Å². The van der Waals surface area contributed by atoms with E-state index < -0.39 is 22.5 Å². The second kappa shape index (κ2) is 13.0. The molecule has 0 aromatic heterocycles. The summed E-state index contributed by atoms with van der Waals surface area (Å²) in [6.07, 6.45) is 2.37. The van der Waals surface area contributed by atoms with Gasteiger partial charge in [0, 0.05) is 5.02 Å². The number of hydrogen-bond acceptors (Lipinski definition) is 6. The molecule has 0 atom stereocenters. The zero-order valence-electron chi connectivity index (χ0n) is 19.9. The van der Waals surface area contributed by atoms with Crippen LogP contribution in [0.15, 0.2) is 65.8 Å². The first-order valence-corrected chi connectivity index (χ1v) is 13.9. The van der Waals surface area contributed by atoms with Gasteiger partial charge in [-0.25, -0.2) is 13.8 Å². The topological polar surface area (TPSA) is 97.3 Å². The summed E-state index contributed by atoms with van der Waals surface area (Å²) in [4.78, 5) is 12.5. The van der Waals surface area contributed by atoms with Crippen molar-refractivity contribution < 1.29 is 22.7 Å². The molecule has 0 bridgehead atoms. The molecule has 3 aromatic rings. The first-order chi connectivity index (χ1) is 17.6. The van der Waals surface area contributed by atoms with Gasteiger partial charge < -0.3 is 9.47 Å². The Bertz CT molecular complexity index is 1400. The fraction of sp³-hybridized carbons (Fsp3) is 0.200. The Morgan fingerprint density at radius 2 is 1.78 bits per heavy atom. The summed E-state index contributed by atoms with van der Waals surface area (Å²) < 4.78 is 37.0. The molecule has 0 aliphatic heterocycles. The van der Waals surface area contributed by atoms with E-state index in [2.05, 4.69) is 10.5 Å². The molecule has 3 aromatic carbocycles. The highest BCUT2D eigenvalue weighted by atomic mass is 35.5. The van der Waals surface area contributed by atoms with Crippen LogP contribution in [0.2, 0.25) is 15.1 Å². The number of nitrogens with one attached hydrogen (secondary N) is 1. The first kappa shape index (κ1) is 28.6. The second-order valence-corrected chi connectivity index (χ2v) is 10.8. The molecule has 0 unspecified atom stereocenters. The summed E-state index contributed by atoms with van der Waals surface area (Å²) in [5.41, 5.74) is 3.94. The molecule has 0 radical (unpaired) electrons. The van der Waals surface area contributed by atoms with Crippen molar-refractivity contribution in [2.45, 2.75) is 13.5 Å². The van der Waals surface area contributed by atoms with Crippen LogP contribution < -0.4 is 19.2 Å². The van der Waals surface area contributed by atoms with Crippen LogP contribution in [-0.4, -0.2) is 39.9 Å². The largest absolute Gasteiger partial charge is 0.490 e. The average Bonchev–Trinajstić information content (AvgIpc) is 2.83. The number of nitrogens with zero attached hydrogens (tertiary/aromatic N) is 2. The van der Waals surface area contributed by atoms with Crippen LogP contribution in [-0.2, 0) is 21.4 Å². The lowest BCUT2D eigenvalue weighted by molar-refractivity contribution is -0.119. The van der Waals surface area contributed by atoms with E-state index in [0.717, 1.165) is 16.1 Å². The van der Waals surface area contributed by atoms with Gasteiger partial charge in [0.2, 0.25) is 10.0 Å². The quantitative estimate of drug-likeness (QED) is 0.236. The maximum Gasteiger partial charge on any atom is 0.260 e. The van der Waals surface area contributed by atoms with Gasteiger partial charge in [0.1, 0.15) is 13.2 Å². The van der Waals surface area contributed by atoms with Gasteiger partial charge in [-0.3, -0.25) is 9.10 Å². The highest BCUT2D eigenvalue weighted by molar-refractivity contribution is 7.92. The Balaban J connectivity index is 1.68. The van der Waals surface area contributed by atoms with Crippen molar-refractivity contribution >= 4 is 62.6 Å². The number of ether oxygens (including phenoxy) is 2. The molecular formula is C25H24Cl3N3O5S. The number of carbonyl (C=O) groups is 1. The zero-order chi connectivity index (χ0) is 27.0. The molecule has 12 heteroatoms. The van der Waals surface area contributed by atoms with Gasteiger partial charge in [-0.15, -0.1) is 0 Å². The van der Waals surface area contributed by atoms with Crippen molar-refractivity contribution in [1.29, 1.82) is 0 Å². The van der Waals surface area contributed by atoms with E-state index in [9.17, 15) is 13.2 Å². The minimum atomic E-state index is -3.83. The predicted octanol–water partition coefficient (Wildman–Crippen LogP) is 5.54. The fourth-order valence-corrected chi connectivity index (χ4v) is 4.71. The number of carbonyl (C=O) groups excluding carboxylic acids is 1. The van der Waals surface area contributed by atoms with E-state index in [0.29, 0.717) is 35.3 Å². The number of halogens is 3. The van der Waals surface area contributed by atoms with Gasteiger partial charge in [-0.05, 0) is 60.5 Å².